The third-order valence-corrected chi connectivity index (χ3v) is 3.58. The first kappa shape index (κ1) is 26.5. The number of nitrogens with one attached hydrogen (secondary N) is 1. The second-order valence-corrected chi connectivity index (χ2v) is 10.5. The van der Waals surface area contributed by atoms with E-state index in [-0.39, 0.29) is 24.0 Å². The third-order valence-electron chi connectivity index (χ3n) is 3.58. The maximum Gasteiger partial charge on any atom is 0.408 e. The van der Waals surface area contributed by atoms with Gasteiger partial charge in [0.25, 0.3) is 0 Å². The molecule has 1 amide bonds. The molecule has 0 fully saturated rings. The van der Waals surface area contributed by atoms with E-state index >= 15 is 0 Å². The molecule has 1 N–H and O–H groups in total. The number of hydrogen-bond acceptors (Lipinski definition) is 5. The molecule has 0 saturated carbocycles. The molecule has 174 valence electrons. The smallest absolute Gasteiger partial charge is 0.408 e. The third kappa shape index (κ3) is 13.4. The highest BCUT2D eigenvalue weighted by Crippen LogP contribution is 2.19. The molecule has 1 aromatic carbocycles. The van der Waals surface area contributed by atoms with Gasteiger partial charge in [0.05, 0.1) is 12.5 Å². The average Bonchev–Trinajstić information content (AvgIpc) is 2.51. The molecule has 0 radical (unpaired) electrons. The predicted molar refractivity (Wildman–Crippen MR) is 123 cm³/mol. The van der Waals surface area contributed by atoms with E-state index in [1.165, 1.54) is 0 Å². The van der Waals surface area contributed by atoms with Gasteiger partial charge in [0.1, 0.15) is 22.6 Å². The molecule has 6 heteroatoms. The van der Waals surface area contributed by atoms with E-state index in [0.717, 1.165) is 11.3 Å². The summed E-state index contributed by atoms with van der Waals surface area (Å²) in [5, 5.41) is 2.87. The second kappa shape index (κ2) is 10.7. The highest BCUT2D eigenvalue weighted by molar-refractivity contribution is 5.72. The van der Waals surface area contributed by atoms with Crippen molar-refractivity contribution in [2.45, 2.75) is 98.0 Å². The highest BCUT2D eigenvalue weighted by Gasteiger charge is 2.19. The molecule has 0 bridgehead atoms. The van der Waals surface area contributed by atoms with Crippen molar-refractivity contribution in [3.8, 4) is 5.75 Å². The van der Waals surface area contributed by atoms with Crippen molar-refractivity contribution in [1.82, 2.24) is 5.32 Å². The molecule has 0 spiro atoms. The quantitative estimate of drug-likeness (QED) is 0.448. The Morgan fingerprint density at radius 1 is 0.871 bits per heavy atom. The van der Waals surface area contributed by atoms with Gasteiger partial charge in [-0.15, -0.1) is 0 Å². The average molecular weight is 434 g/mol. The zero-order valence-electron chi connectivity index (χ0n) is 20.5. The number of rotatable bonds is 7. The summed E-state index contributed by atoms with van der Waals surface area (Å²) in [4.78, 5) is 24.2. The first-order valence-corrected chi connectivity index (χ1v) is 10.7. The number of benzene rings is 1. The van der Waals surface area contributed by atoms with Crippen LogP contribution in [0.1, 0.15) is 74.3 Å². The van der Waals surface area contributed by atoms with Gasteiger partial charge in [-0.05, 0) is 86.4 Å². The van der Waals surface area contributed by atoms with Crippen LogP contribution in [-0.2, 0) is 20.7 Å². The van der Waals surface area contributed by atoms with Crippen molar-refractivity contribution < 1.29 is 23.8 Å². The van der Waals surface area contributed by atoms with Crippen molar-refractivity contribution in [3.63, 3.8) is 0 Å². The molecule has 1 atom stereocenters. The molecule has 0 saturated heterocycles. The van der Waals surface area contributed by atoms with Gasteiger partial charge in [-0.25, -0.2) is 4.79 Å². The van der Waals surface area contributed by atoms with E-state index < -0.39 is 17.3 Å². The number of esters is 1. The Hall–Kier alpha value is -2.50. The number of hydrogen-bond donors (Lipinski definition) is 1. The van der Waals surface area contributed by atoms with Crippen LogP contribution in [0.4, 0.5) is 4.79 Å². The lowest BCUT2D eigenvalue weighted by Gasteiger charge is -2.23. The first-order valence-electron chi connectivity index (χ1n) is 10.7. The van der Waals surface area contributed by atoms with Gasteiger partial charge in [-0.1, -0.05) is 24.3 Å². The Labute approximate surface area is 187 Å². The van der Waals surface area contributed by atoms with Crippen molar-refractivity contribution in [1.29, 1.82) is 0 Å². The molecule has 1 rings (SSSR count). The summed E-state index contributed by atoms with van der Waals surface area (Å²) in [6.45, 7) is 16.9. The number of amides is 1. The lowest BCUT2D eigenvalue weighted by atomic mass is 10.0. The fourth-order valence-corrected chi connectivity index (χ4v) is 2.64. The van der Waals surface area contributed by atoms with Gasteiger partial charge in [-0.3, -0.25) is 4.79 Å². The Morgan fingerprint density at radius 2 is 1.42 bits per heavy atom. The Balaban J connectivity index is 2.85. The van der Waals surface area contributed by atoms with E-state index in [9.17, 15) is 9.59 Å². The summed E-state index contributed by atoms with van der Waals surface area (Å²) in [7, 11) is 0. The van der Waals surface area contributed by atoms with Gasteiger partial charge >= 0.3 is 12.1 Å². The van der Waals surface area contributed by atoms with Crippen LogP contribution < -0.4 is 10.1 Å². The monoisotopic (exact) mass is 433 g/mol. The van der Waals surface area contributed by atoms with Gasteiger partial charge in [0, 0.05) is 0 Å². The van der Waals surface area contributed by atoms with Crippen LogP contribution in [0.5, 0.6) is 5.75 Å². The lowest BCUT2D eigenvalue weighted by Crippen LogP contribution is -2.39. The minimum Gasteiger partial charge on any atom is -0.488 e. The normalized spacial score (nSPS) is 13.6. The predicted octanol–water partition coefficient (Wildman–Crippen LogP) is 5.59. The molecule has 0 aliphatic carbocycles. The minimum atomic E-state index is -0.596. The summed E-state index contributed by atoms with van der Waals surface area (Å²) in [6, 6.07) is 7.41. The fourth-order valence-electron chi connectivity index (χ4n) is 2.64. The molecule has 0 aliphatic heterocycles. The molecule has 6 nitrogen and oxygen atoms in total. The van der Waals surface area contributed by atoms with Crippen molar-refractivity contribution >= 4 is 12.1 Å². The topological polar surface area (TPSA) is 73.9 Å². The summed E-state index contributed by atoms with van der Waals surface area (Å²) in [5.74, 6) is 0.469. The van der Waals surface area contributed by atoms with Crippen molar-refractivity contribution in [2.75, 3.05) is 0 Å². The van der Waals surface area contributed by atoms with Crippen LogP contribution >= 0.6 is 0 Å². The molecular weight excluding hydrogens is 394 g/mol. The van der Waals surface area contributed by atoms with Crippen LogP contribution in [-0.4, -0.2) is 34.9 Å². The largest absolute Gasteiger partial charge is 0.488 e. The van der Waals surface area contributed by atoms with Gasteiger partial charge in [0.2, 0.25) is 0 Å². The second-order valence-electron chi connectivity index (χ2n) is 10.5. The number of carbonyl (C=O) groups excluding carboxylic acids is 2. The fraction of sp³-hybridized carbons (Fsp3) is 0.600. The minimum absolute atomic E-state index is 0.127. The first-order chi connectivity index (χ1) is 14.0. The molecule has 0 heterocycles. The van der Waals surface area contributed by atoms with E-state index in [4.69, 9.17) is 14.2 Å². The zero-order chi connectivity index (χ0) is 23.9. The van der Waals surface area contributed by atoms with Crippen LogP contribution in [0.3, 0.4) is 0 Å². The van der Waals surface area contributed by atoms with Crippen molar-refractivity contribution in [3.05, 3.63) is 42.0 Å². The van der Waals surface area contributed by atoms with E-state index in [0.29, 0.717) is 6.42 Å². The van der Waals surface area contributed by atoms with Gasteiger partial charge in [0.15, 0.2) is 0 Å². The van der Waals surface area contributed by atoms with E-state index in [1.54, 1.807) is 12.2 Å². The number of ether oxygens (including phenoxy) is 3. The Bertz CT molecular complexity index is 746. The molecule has 31 heavy (non-hydrogen) atoms. The van der Waals surface area contributed by atoms with E-state index in [2.05, 4.69) is 5.32 Å². The summed E-state index contributed by atoms with van der Waals surface area (Å²) in [6.07, 6.45) is 3.68. The van der Waals surface area contributed by atoms with Crippen LogP contribution in [0.25, 0.3) is 0 Å². The number of carbonyl (C=O) groups is 2. The molecule has 0 aromatic heterocycles. The Kier molecular flexibility index (Phi) is 9.15. The standard InChI is InChI=1S/C25H39NO5/c1-23(2,3)29-20-15-13-18(14-16-20)17-19(26-22(28)31-25(7,8)9)11-10-12-21(27)30-24(4,5)6/h10-11,13-16,19H,12,17H2,1-9H3,(H,26,28)/b11-10+/t19-/m1/s1. The van der Waals surface area contributed by atoms with Gasteiger partial charge < -0.3 is 19.5 Å². The maximum atomic E-state index is 12.3. The summed E-state index contributed by atoms with van der Waals surface area (Å²) < 4.78 is 16.6. The summed E-state index contributed by atoms with van der Waals surface area (Å²) >= 11 is 0. The van der Waals surface area contributed by atoms with Crippen molar-refractivity contribution in [2.24, 2.45) is 0 Å². The molecule has 0 unspecified atom stereocenters. The van der Waals surface area contributed by atoms with E-state index in [1.807, 2.05) is 86.6 Å². The summed E-state index contributed by atoms with van der Waals surface area (Å²) in [5.41, 5.74) is -0.382. The molecule has 0 aliphatic rings. The molecule has 1 aromatic rings. The highest BCUT2D eigenvalue weighted by atomic mass is 16.6. The lowest BCUT2D eigenvalue weighted by molar-refractivity contribution is -0.153. The van der Waals surface area contributed by atoms with Crippen LogP contribution in [0.2, 0.25) is 0 Å². The van der Waals surface area contributed by atoms with Gasteiger partial charge in [-0.2, -0.15) is 0 Å². The van der Waals surface area contributed by atoms with Crippen LogP contribution in [0, 0.1) is 0 Å². The molecular formula is C25H39NO5. The SMILES string of the molecule is CC(C)(C)OC(=O)C/C=C/[C@H](Cc1ccc(OC(C)(C)C)cc1)NC(=O)OC(C)(C)C. The number of alkyl carbamates (subject to hydrolysis) is 1. The zero-order valence-corrected chi connectivity index (χ0v) is 20.5. The van der Waals surface area contributed by atoms with Crippen LogP contribution in [0.15, 0.2) is 36.4 Å². The maximum absolute atomic E-state index is 12.3. The Morgan fingerprint density at radius 3 is 1.90 bits per heavy atom.